The second-order valence-corrected chi connectivity index (χ2v) is 5.68. The average Bonchev–Trinajstić information content (AvgIpc) is 2.38. The van der Waals surface area contributed by atoms with Crippen LogP contribution in [0.2, 0.25) is 0 Å². The van der Waals surface area contributed by atoms with E-state index in [2.05, 4.69) is 43.3 Å². The smallest absolute Gasteiger partial charge is 0.145 e. The number of rotatable bonds is 4. The van der Waals surface area contributed by atoms with Gasteiger partial charge >= 0.3 is 0 Å². The number of halogens is 1. The molecule has 19 heavy (non-hydrogen) atoms. The molecule has 1 heterocycles. The van der Waals surface area contributed by atoms with Gasteiger partial charge in [0, 0.05) is 21.2 Å². The van der Waals surface area contributed by atoms with Crippen LogP contribution >= 0.6 is 22.6 Å². The van der Waals surface area contributed by atoms with Crippen LogP contribution in [0.15, 0.2) is 30.3 Å². The summed E-state index contributed by atoms with van der Waals surface area (Å²) in [7, 11) is 0. The Morgan fingerprint density at radius 2 is 1.89 bits per heavy atom. The molecule has 0 bridgehead atoms. The molecule has 5 nitrogen and oxygen atoms in total. The number of hydrogen-bond acceptors (Lipinski definition) is 5. The maximum Gasteiger partial charge on any atom is 0.145 e. The highest BCUT2D eigenvalue weighted by Crippen LogP contribution is 2.21. The monoisotopic (exact) mass is 369 g/mol. The van der Waals surface area contributed by atoms with Crippen molar-refractivity contribution in [1.82, 2.24) is 9.97 Å². The van der Waals surface area contributed by atoms with Gasteiger partial charge in [0.25, 0.3) is 0 Å². The zero-order chi connectivity index (χ0) is 13.8. The second kappa shape index (κ2) is 6.16. The SMILES string of the molecule is CC(C)c1nc(NN)cc(Nc2cccc(I)c2)n1. The molecule has 0 saturated carbocycles. The molecule has 0 aliphatic carbocycles. The number of anilines is 3. The summed E-state index contributed by atoms with van der Waals surface area (Å²) in [6.45, 7) is 4.09. The van der Waals surface area contributed by atoms with Gasteiger partial charge in [-0.25, -0.2) is 15.8 Å². The van der Waals surface area contributed by atoms with Gasteiger partial charge in [0.05, 0.1) is 0 Å². The van der Waals surface area contributed by atoms with Crippen LogP contribution in [0.3, 0.4) is 0 Å². The summed E-state index contributed by atoms with van der Waals surface area (Å²) in [5.41, 5.74) is 3.56. The zero-order valence-electron chi connectivity index (χ0n) is 10.8. The molecule has 4 N–H and O–H groups in total. The lowest BCUT2D eigenvalue weighted by molar-refractivity contribution is 0.777. The highest BCUT2D eigenvalue weighted by atomic mass is 127. The van der Waals surface area contributed by atoms with Crippen LogP contribution < -0.4 is 16.6 Å². The number of nitrogens with zero attached hydrogens (tertiary/aromatic N) is 2. The van der Waals surface area contributed by atoms with E-state index in [-0.39, 0.29) is 5.92 Å². The van der Waals surface area contributed by atoms with Crippen LogP contribution in [0, 0.1) is 3.57 Å². The van der Waals surface area contributed by atoms with Crippen LogP contribution in [0.4, 0.5) is 17.3 Å². The van der Waals surface area contributed by atoms with Crippen LogP contribution in [-0.2, 0) is 0 Å². The van der Waals surface area contributed by atoms with Crippen LogP contribution in [0.1, 0.15) is 25.6 Å². The topological polar surface area (TPSA) is 75.9 Å². The molecule has 0 saturated heterocycles. The van der Waals surface area contributed by atoms with Crippen molar-refractivity contribution in [2.75, 3.05) is 10.7 Å². The number of hydrazine groups is 1. The fourth-order valence-electron chi connectivity index (χ4n) is 1.58. The van der Waals surface area contributed by atoms with Crippen molar-refractivity contribution in [3.05, 3.63) is 39.7 Å². The van der Waals surface area contributed by atoms with Crippen molar-refractivity contribution in [3.63, 3.8) is 0 Å². The van der Waals surface area contributed by atoms with Gasteiger partial charge in [-0.1, -0.05) is 19.9 Å². The molecule has 0 spiro atoms. The summed E-state index contributed by atoms with van der Waals surface area (Å²) in [6, 6.07) is 9.86. The van der Waals surface area contributed by atoms with Crippen molar-refractivity contribution in [3.8, 4) is 0 Å². The number of nitrogens with one attached hydrogen (secondary N) is 2. The van der Waals surface area contributed by atoms with Gasteiger partial charge in [-0.05, 0) is 40.8 Å². The number of nitrogen functional groups attached to an aromatic ring is 1. The van der Waals surface area contributed by atoms with Gasteiger partial charge in [-0.3, -0.25) is 0 Å². The first kappa shape index (κ1) is 14.0. The van der Waals surface area contributed by atoms with Gasteiger partial charge in [0.1, 0.15) is 17.5 Å². The summed E-state index contributed by atoms with van der Waals surface area (Å²) in [5, 5.41) is 3.26. The average molecular weight is 369 g/mol. The Morgan fingerprint density at radius 1 is 1.16 bits per heavy atom. The molecule has 0 unspecified atom stereocenters. The van der Waals surface area contributed by atoms with E-state index in [9.17, 15) is 0 Å². The molecular formula is C13H16IN5. The number of benzene rings is 1. The van der Waals surface area contributed by atoms with E-state index in [0.717, 1.165) is 20.9 Å². The first-order valence-corrected chi connectivity index (χ1v) is 7.04. The maximum atomic E-state index is 5.44. The van der Waals surface area contributed by atoms with E-state index in [1.165, 1.54) is 0 Å². The molecule has 0 atom stereocenters. The van der Waals surface area contributed by atoms with Crippen LogP contribution in [0.25, 0.3) is 0 Å². The van der Waals surface area contributed by atoms with Crippen molar-refractivity contribution >= 4 is 39.9 Å². The minimum Gasteiger partial charge on any atom is -0.340 e. The highest BCUT2D eigenvalue weighted by Gasteiger charge is 2.07. The molecular weight excluding hydrogens is 353 g/mol. The fourth-order valence-corrected chi connectivity index (χ4v) is 2.12. The second-order valence-electron chi connectivity index (χ2n) is 4.43. The van der Waals surface area contributed by atoms with E-state index in [4.69, 9.17) is 5.84 Å². The Morgan fingerprint density at radius 3 is 2.53 bits per heavy atom. The Hall–Kier alpha value is -1.41. The normalized spacial score (nSPS) is 10.6. The molecule has 2 rings (SSSR count). The highest BCUT2D eigenvalue weighted by molar-refractivity contribution is 14.1. The lowest BCUT2D eigenvalue weighted by Crippen LogP contribution is -2.12. The summed E-state index contributed by atoms with van der Waals surface area (Å²) in [4.78, 5) is 8.81. The van der Waals surface area contributed by atoms with Gasteiger partial charge in [-0.2, -0.15) is 0 Å². The zero-order valence-corrected chi connectivity index (χ0v) is 13.0. The Bertz CT molecular complexity index is 571. The van der Waals surface area contributed by atoms with E-state index >= 15 is 0 Å². The summed E-state index contributed by atoms with van der Waals surface area (Å²) in [6.07, 6.45) is 0. The number of nitrogens with two attached hydrogens (primary N) is 1. The largest absolute Gasteiger partial charge is 0.340 e. The van der Waals surface area contributed by atoms with Crippen LogP contribution in [-0.4, -0.2) is 9.97 Å². The third-order valence-corrected chi connectivity index (χ3v) is 3.18. The van der Waals surface area contributed by atoms with Crippen molar-refractivity contribution in [2.45, 2.75) is 19.8 Å². The molecule has 0 radical (unpaired) electrons. The third-order valence-electron chi connectivity index (χ3n) is 2.50. The Labute approximate surface area is 126 Å². The van der Waals surface area contributed by atoms with Gasteiger partial charge in [-0.15, -0.1) is 0 Å². The van der Waals surface area contributed by atoms with Crippen molar-refractivity contribution in [1.29, 1.82) is 0 Å². The predicted octanol–water partition coefficient (Wildman–Crippen LogP) is 3.23. The van der Waals surface area contributed by atoms with E-state index in [1.54, 1.807) is 6.07 Å². The fraction of sp³-hybridized carbons (Fsp3) is 0.231. The predicted molar refractivity (Wildman–Crippen MR) is 86.4 cm³/mol. The third kappa shape index (κ3) is 3.77. The summed E-state index contributed by atoms with van der Waals surface area (Å²) >= 11 is 2.27. The van der Waals surface area contributed by atoms with E-state index in [1.807, 2.05) is 38.1 Å². The Balaban J connectivity index is 2.31. The van der Waals surface area contributed by atoms with Crippen molar-refractivity contribution < 1.29 is 0 Å². The molecule has 6 heteroatoms. The molecule has 0 amide bonds. The molecule has 1 aromatic heterocycles. The van der Waals surface area contributed by atoms with Gasteiger partial charge < -0.3 is 10.7 Å². The first-order chi connectivity index (χ1) is 9.08. The van der Waals surface area contributed by atoms with Gasteiger partial charge in [0.2, 0.25) is 0 Å². The summed E-state index contributed by atoms with van der Waals surface area (Å²) < 4.78 is 1.16. The molecule has 100 valence electrons. The Kier molecular flexibility index (Phi) is 4.54. The van der Waals surface area contributed by atoms with Gasteiger partial charge in [0.15, 0.2) is 0 Å². The number of hydrogen-bond donors (Lipinski definition) is 3. The van der Waals surface area contributed by atoms with Crippen LogP contribution in [0.5, 0.6) is 0 Å². The minimum atomic E-state index is 0.241. The molecule has 1 aromatic carbocycles. The van der Waals surface area contributed by atoms with E-state index in [0.29, 0.717) is 5.82 Å². The molecule has 0 aliphatic heterocycles. The number of aromatic nitrogens is 2. The minimum absolute atomic E-state index is 0.241. The lowest BCUT2D eigenvalue weighted by Gasteiger charge is -2.11. The molecule has 2 aromatic rings. The van der Waals surface area contributed by atoms with E-state index < -0.39 is 0 Å². The molecule has 0 aliphatic rings. The lowest BCUT2D eigenvalue weighted by atomic mass is 10.2. The quantitative estimate of drug-likeness (QED) is 0.438. The maximum absolute atomic E-state index is 5.44. The standard InChI is InChI=1S/C13H16IN5/c1-8(2)13-17-11(7-12(18-13)19-15)16-10-5-3-4-9(14)6-10/h3-8H,15H2,1-2H3,(H2,16,17,18,19). The molecule has 0 fully saturated rings. The first-order valence-electron chi connectivity index (χ1n) is 5.96. The summed E-state index contributed by atoms with van der Waals surface area (Å²) in [5.74, 6) is 7.76. The van der Waals surface area contributed by atoms with Crippen molar-refractivity contribution in [2.24, 2.45) is 5.84 Å².